The summed E-state index contributed by atoms with van der Waals surface area (Å²) >= 11 is 0. The molecule has 0 unspecified atom stereocenters. The van der Waals surface area contributed by atoms with E-state index in [9.17, 15) is 24.5 Å². The minimum absolute atomic E-state index is 0.177. The summed E-state index contributed by atoms with van der Waals surface area (Å²) in [4.78, 5) is 52.0. The van der Waals surface area contributed by atoms with Crippen molar-refractivity contribution in [2.75, 3.05) is 46.9 Å². The quantitative estimate of drug-likeness (QED) is 0.174. The van der Waals surface area contributed by atoms with E-state index in [1.165, 1.54) is 27.4 Å². The Morgan fingerprint density at radius 2 is 1.79 bits per heavy atom. The number of methoxy groups -OCH3 is 3. The van der Waals surface area contributed by atoms with Crippen LogP contribution in [-0.4, -0.2) is 58.6 Å². The van der Waals surface area contributed by atoms with E-state index in [1.807, 2.05) is 6.07 Å². The van der Waals surface area contributed by atoms with E-state index in [0.717, 1.165) is 11.1 Å². The maximum absolute atomic E-state index is 13.0. The number of esters is 1. The second kappa shape index (κ2) is 13.3. The summed E-state index contributed by atoms with van der Waals surface area (Å²) < 4.78 is 21.7. The molecule has 0 radical (unpaired) electrons. The maximum atomic E-state index is 13.0. The van der Waals surface area contributed by atoms with Gasteiger partial charge in [0.05, 0.1) is 39.5 Å². The number of nitrogens with one attached hydrogen (secondary N) is 2. The normalized spacial score (nSPS) is 13.6. The zero-order valence-corrected chi connectivity index (χ0v) is 22.2. The van der Waals surface area contributed by atoms with E-state index in [4.69, 9.17) is 18.9 Å². The molecule has 2 aromatic rings. The highest BCUT2D eigenvalue weighted by atomic mass is 17.0. The van der Waals surface area contributed by atoms with Crippen molar-refractivity contribution in [2.24, 2.45) is 0 Å². The van der Waals surface area contributed by atoms with Gasteiger partial charge in [-0.25, -0.2) is 0 Å². The Hall–Kier alpha value is -4.55. The number of nitrogens with zero attached hydrogens (tertiary/aromatic N) is 1. The van der Waals surface area contributed by atoms with E-state index in [-0.39, 0.29) is 24.9 Å². The lowest BCUT2D eigenvalue weighted by atomic mass is 9.95. The predicted molar refractivity (Wildman–Crippen MR) is 140 cm³/mol. The Morgan fingerprint density at radius 1 is 1.05 bits per heavy atom. The van der Waals surface area contributed by atoms with Gasteiger partial charge in [0, 0.05) is 19.0 Å². The molecule has 13 nitrogen and oxygen atoms in total. The first-order chi connectivity index (χ1) is 18.7. The number of carbonyl (C=O) groups is 2. The van der Waals surface area contributed by atoms with E-state index in [1.54, 1.807) is 19.2 Å². The van der Waals surface area contributed by atoms with E-state index >= 15 is 0 Å². The summed E-state index contributed by atoms with van der Waals surface area (Å²) in [5, 5.41) is 15.0. The average molecular weight is 546 g/mol. The molecule has 2 N–H and O–H groups in total. The lowest BCUT2D eigenvalue weighted by Gasteiger charge is -2.20. The average Bonchev–Trinajstić information content (AvgIpc) is 3.16. The van der Waals surface area contributed by atoms with Crippen LogP contribution in [0.3, 0.4) is 0 Å². The molecule has 1 aliphatic rings. The summed E-state index contributed by atoms with van der Waals surface area (Å²) in [6.07, 6.45) is 0.557. The van der Waals surface area contributed by atoms with Crippen LogP contribution in [0.1, 0.15) is 36.4 Å². The molecule has 0 heterocycles. The number of ether oxygens (including phenoxy) is 4. The molecule has 1 aliphatic carbocycles. The zero-order chi connectivity index (χ0) is 28.5. The van der Waals surface area contributed by atoms with Crippen molar-refractivity contribution in [2.45, 2.75) is 31.7 Å². The fourth-order valence-corrected chi connectivity index (χ4v) is 4.49. The molecular formula is C26H31N3O10. The maximum Gasteiger partial charge on any atom is 0.306 e. The fourth-order valence-electron chi connectivity index (χ4n) is 4.49. The van der Waals surface area contributed by atoms with Crippen LogP contribution < -0.4 is 30.3 Å². The lowest BCUT2D eigenvalue weighted by Crippen LogP contribution is -2.29. The van der Waals surface area contributed by atoms with E-state index < -0.39 is 29.6 Å². The number of hydrogen-bond donors (Lipinski definition) is 2. The number of hydrogen-bond acceptors (Lipinski definition) is 11. The van der Waals surface area contributed by atoms with Crippen LogP contribution in [0.15, 0.2) is 29.1 Å². The third kappa shape index (κ3) is 6.86. The van der Waals surface area contributed by atoms with Crippen LogP contribution in [0.2, 0.25) is 0 Å². The van der Waals surface area contributed by atoms with Crippen molar-refractivity contribution in [1.29, 1.82) is 0 Å². The van der Waals surface area contributed by atoms with Crippen LogP contribution >= 0.6 is 0 Å². The zero-order valence-electron chi connectivity index (χ0n) is 22.2. The fraction of sp³-hybridized carbons (Fsp3) is 0.423. The van der Waals surface area contributed by atoms with Crippen LogP contribution in [0.4, 0.5) is 5.69 Å². The molecule has 0 spiro atoms. The molecule has 0 bridgehead atoms. The van der Waals surface area contributed by atoms with Crippen molar-refractivity contribution in [3.63, 3.8) is 0 Å². The molecule has 39 heavy (non-hydrogen) atoms. The highest BCUT2D eigenvalue weighted by Crippen LogP contribution is 2.50. The summed E-state index contributed by atoms with van der Waals surface area (Å²) in [6.45, 7) is -0.701. The Bertz CT molecular complexity index is 1300. The highest BCUT2D eigenvalue weighted by Gasteiger charge is 2.29. The topological polar surface area (TPSA) is 165 Å². The van der Waals surface area contributed by atoms with Gasteiger partial charge < -0.3 is 34.4 Å². The summed E-state index contributed by atoms with van der Waals surface area (Å²) in [7, 11) is 6.20. The molecule has 210 valence electrons. The molecular weight excluding hydrogens is 514 g/mol. The molecule has 0 aliphatic heterocycles. The molecule has 0 fully saturated rings. The van der Waals surface area contributed by atoms with Gasteiger partial charge in [-0.3, -0.25) is 14.4 Å². The van der Waals surface area contributed by atoms with Gasteiger partial charge in [0.15, 0.2) is 11.5 Å². The monoisotopic (exact) mass is 545 g/mol. The molecule has 1 atom stereocenters. The second-order valence-corrected chi connectivity index (χ2v) is 8.49. The summed E-state index contributed by atoms with van der Waals surface area (Å²) in [5.74, 6) is 0.206. The van der Waals surface area contributed by atoms with E-state index in [0.29, 0.717) is 46.9 Å². The van der Waals surface area contributed by atoms with Crippen LogP contribution in [0.25, 0.3) is 11.1 Å². The minimum atomic E-state index is -0.987. The van der Waals surface area contributed by atoms with Gasteiger partial charge in [-0.1, -0.05) is 6.07 Å². The molecule has 0 saturated heterocycles. The number of rotatable bonds is 12. The summed E-state index contributed by atoms with van der Waals surface area (Å²) in [6, 6.07) is 6.25. The van der Waals surface area contributed by atoms with Crippen molar-refractivity contribution in [3.05, 3.63) is 55.7 Å². The lowest BCUT2D eigenvalue weighted by molar-refractivity contribution is -0.757. The van der Waals surface area contributed by atoms with Gasteiger partial charge >= 0.3 is 5.97 Å². The van der Waals surface area contributed by atoms with Crippen LogP contribution in [-0.2, 0) is 25.6 Å². The number of amides is 1. The second-order valence-electron chi connectivity index (χ2n) is 8.49. The van der Waals surface area contributed by atoms with Crippen molar-refractivity contribution < 1.29 is 38.5 Å². The Labute approximate surface area is 224 Å². The molecule has 0 saturated carbocycles. The SMILES string of the molecule is CNc1ccc2c(cc1=O)[C@@H](NC(=O)CCC(=O)OCCO[N+](=O)[O-])CCc1cc(OC)c(OC)c(OC)c1-2. The minimum Gasteiger partial charge on any atom is -0.493 e. The van der Waals surface area contributed by atoms with E-state index in [2.05, 4.69) is 15.5 Å². The van der Waals surface area contributed by atoms with Crippen molar-refractivity contribution >= 4 is 17.6 Å². The number of fused-ring (bicyclic) bond motifs is 3. The number of aryl methyl sites for hydroxylation is 1. The summed E-state index contributed by atoms with van der Waals surface area (Å²) in [5.41, 5.74) is 2.97. The largest absolute Gasteiger partial charge is 0.493 e. The first-order valence-electron chi connectivity index (χ1n) is 12.1. The Kier molecular flexibility index (Phi) is 9.90. The first-order valence-corrected chi connectivity index (χ1v) is 12.1. The number of benzene rings is 1. The molecule has 13 heteroatoms. The van der Waals surface area contributed by atoms with Gasteiger partial charge in [0.25, 0.3) is 5.09 Å². The molecule has 2 aromatic carbocycles. The van der Waals surface area contributed by atoms with Crippen LogP contribution in [0, 0.1) is 10.1 Å². The highest BCUT2D eigenvalue weighted by molar-refractivity contribution is 5.85. The molecule has 1 amide bonds. The van der Waals surface area contributed by atoms with Gasteiger partial charge in [0.1, 0.15) is 13.2 Å². The molecule has 3 rings (SSSR count). The Morgan fingerprint density at radius 3 is 2.44 bits per heavy atom. The standard InChI is InChI=1S/C26H31N3O10/c1-27-19-8-6-16-17(14-20(19)30)18(28-22(31)9-10-23(32)38-11-12-39-29(33)34)7-5-15-13-21(35-2)25(36-3)26(37-4)24(15)16/h6,8,13-14,18H,5,7,9-12H2,1-4H3,(H,27,30)(H,28,31)/t18-/m0/s1. The van der Waals surface area contributed by atoms with Gasteiger partial charge in [0.2, 0.25) is 17.1 Å². The van der Waals surface area contributed by atoms with Crippen molar-refractivity contribution in [1.82, 2.24) is 5.32 Å². The van der Waals surface area contributed by atoms with Crippen LogP contribution in [0.5, 0.6) is 17.2 Å². The van der Waals surface area contributed by atoms with Gasteiger partial charge in [-0.05, 0) is 47.7 Å². The van der Waals surface area contributed by atoms with Crippen molar-refractivity contribution in [3.8, 4) is 28.4 Å². The third-order valence-electron chi connectivity index (χ3n) is 6.24. The Balaban J connectivity index is 1.93. The number of anilines is 1. The predicted octanol–water partition coefficient (Wildman–Crippen LogP) is 2.42. The third-order valence-corrected chi connectivity index (χ3v) is 6.24. The number of carbonyl (C=O) groups excluding carboxylic acids is 2. The smallest absolute Gasteiger partial charge is 0.306 e. The van der Waals surface area contributed by atoms with Gasteiger partial charge in [-0.15, -0.1) is 10.1 Å². The first kappa shape index (κ1) is 29.0. The molecule has 0 aromatic heterocycles. The van der Waals surface area contributed by atoms with Gasteiger partial charge in [-0.2, -0.15) is 0 Å².